The van der Waals surface area contributed by atoms with Crippen LogP contribution in [0.25, 0.3) is 0 Å². The molecule has 0 N–H and O–H groups in total. The lowest BCUT2D eigenvalue weighted by Gasteiger charge is -2.19. The third-order valence-corrected chi connectivity index (χ3v) is 4.22. The van der Waals surface area contributed by atoms with E-state index in [1.807, 2.05) is 6.92 Å². The number of Topliss-reactive ketones (excluding diaryl/α,β-unsaturated/α-hetero) is 1. The van der Waals surface area contributed by atoms with Gasteiger partial charge in [0, 0.05) is 27.2 Å². The molecule has 2 nitrogen and oxygen atoms in total. The molecule has 2 atom stereocenters. The van der Waals surface area contributed by atoms with Crippen LogP contribution in [-0.4, -0.2) is 15.2 Å². The van der Waals surface area contributed by atoms with Crippen molar-refractivity contribution in [1.29, 1.82) is 0 Å². The predicted octanol–water partition coefficient (Wildman–Crippen LogP) is 2.42. The van der Waals surface area contributed by atoms with Gasteiger partial charge in [-0.15, -0.1) is 0 Å². The van der Waals surface area contributed by atoms with Gasteiger partial charge in [0.25, 0.3) is 0 Å². The Morgan fingerprint density at radius 2 is 2.21 bits per heavy atom. The Labute approximate surface area is 89.7 Å². The summed E-state index contributed by atoms with van der Waals surface area (Å²) in [5.74, 6) is 0.0367. The summed E-state index contributed by atoms with van der Waals surface area (Å²) in [6, 6.07) is 4.95. The molecule has 1 aliphatic rings. The molecule has 74 valence electrons. The Bertz CT molecular complexity index is 428. The lowest BCUT2D eigenvalue weighted by Crippen LogP contribution is -2.24. The summed E-state index contributed by atoms with van der Waals surface area (Å²) < 4.78 is 11.8. The summed E-state index contributed by atoms with van der Waals surface area (Å²) in [5, 5.41) is 0.430. The van der Waals surface area contributed by atoms with Crippen LogP contribution in [0.1, 0.15) is 23.7 Å². The maximum Gasteiger partial charge on any atom is 0.165 e. The minimum absolute atomic E-state index is 0.0367. The average Bonchev–Trinajstić information content (AvgIpc) is 2.14. The molecule has 1 aromatic rings. The van der Waals surface area contributed by atoms with Crippen molar-refractivity contribution in [3.05, 3.63) is 28.8 Å². The van der Waals surface area contributed by atoms with Gasteiger partial charge in [0.1, 0.15) is 0 Å². The molecule has 0 spiro atoms. The van der Waals surface area contributed by atoms with Gasteiger partial charge in [-0.25, -0.2) is 0 Å². The third kappa shape index (κ3) is 1.51. The van der Waals surface area contributed by atoms with E-state index in [2.05, 4.69) is 0 Å². The first-order valence-corrected chi connectivity index (χ1v) is 5.92. The smallest absolute Gasteiger partial charge is 0.165 e. The normalized spacial score (nSPS) is 26.0. The van der Waals surface area contributed by atoms with Gasteiger partial charge in [0.05, 0.1) is 10.8 Å². The number of fused-ring (bicyclic) bond motifs is 1. The summed E-state index contributed by atoms with van der Waals surface area (Å²) in [5.41, 5.74) is 0.522. The van der Waals surface area contributed by atoms with Gasteiger partial charge < -0.3 is 0 Å². The number of halogens is 1. The molecule has 0 aromatic heterocycles. The highest BCUT2D eigenvalue weighted by Gasteiger charge is 2.28. The minimum Gasteiger partial charge on any atom is -0.294 e. The standard InChI is InChI=1S/C10H9ClO2S/c1-6-4-9(12)8-5-7(11)2-3-10(8)14(6)13/h2-3,5-6H,4H2,1H3. The largest absolute Gasteiger partial charge is 0.294 e. The fraction of sp³-hybridized carbons (Fsp3) is 0.300. The molecule has 1 aromatic carbocycles. The molecule has 4 heteroatoms. The van der Waals surface area contributed by atoms with Crippen LogP contribution in [0.15, 0.2) is 23.1 Å². The second-order valence-electron chi connectivity index (χ2n) is 3.38. The molecule has 0 bridgehead atoms. The zero-order valence-electron chi connectivity index (χ0n) is 7.62. The van der Waals surface area contributed by atoms with Crippen LogP contribution in [-0.2, 0) is 10.8 Å². The van der Waals surface area contributed by atoms with E-state index >= 15 is 0 Å². The van der Waals surface area contributed by atoms with E-state index in [9.17, 15) is 9.00 Å². The van der Waals surface area contributed by atoms with Gasteiger partial charge in [0.15, 0.2) is 5.78 Å². The van der Waals surface area contributed by atoms with Crippen LogP contribution in [0.4, 0.5) is 0 Å². The zero-order valence-corrected chi connectivity index (χ0v) is 9.19. The van der Waals surface area contributed by atoms with Gasteiger partial charge >= 0.3 is 0 Å². The van der Waals surface area contributed by atoms with E-state index in [-0.39, 0.29) is 11.0 Å². The summed E-state index contributed by atoms with van der Waals surface area (Å²) >= 11 is 5.77. The molecule has 1 heterocycles. The number of hydrogen-bond donors (Lipinski definition) is 0. The first-order chi connectivity index (χ1) is 6.59. The molecule has 0 aliphatic carbocycles. The van der Waals surface area contributed by atoms with Crippen molar-refractivity contribution in [2.24, 2.45) is 0 Å². The molecular formula is C10H9ClO2S. The van der Waals surface area contributed by atoms with Crippen molar-refractivity contribution in [2.75, 3.05) is 0 Å². The van der Waals surface area contributed by atoms with Gasteiger partial charge in [-0.1, -0.05) is 18.5 Å². The SMILES string of the molecule is CC1CC(=O)c2cc(Cl)ccc2S1=O. The van der Waals surface area contributed by atoms with Gasteiger partial charge in [0.2, 0.25) is 0 Å². The number of carbonyl (C=O) groups excluding carboxylic acids is 1. The molecule has 0 fully saturated rings. The topological polar surface area (TPSA) is 34.1 Å². The number of hydrogen-bond acceptors (Lipinski definition) is 2. The monoisotopic (exact) mass is 228 g/mol. The Morgan fingerprint density at radius 3 is 2.93 bits per heavy atom. The van der Waals surface area contributed by atoms with Gasteiger partial charge in [-0.2, -0.15) is 0 Å². The van der Waals surface area contributed by atoms with E-state index in [0.717, 1.165) is 0 Å². The van der Waals surface area contributed by atoms with Crippen LogP contribution < -0.4 is 0 Å². The average molecular weight is 229 g/mol. The van der Waals surface area contributed by atoms with Crippen LogP contribution in [0.3, 0.4) is 0 Å². The number of benzene rings is 1. The summed E-state index contributed by atoms with van der Waals surface area (Å²) in [7, 11) is -1.07. The Balaban J connectivity index is 2.61. The van der Waals surface area contributed by atoms with Gasteiger partial charge in [-0.05, 0) is 18.2 Å². The van der Waals surface area contributed by atoms with E-state index in [1.165, 1.54) is 0 Å². The first kappa shape index (κ1) is 9.87. The van der Waals surface area contributed by atoms with Crippen LogP contribution in [0.5, 0.6) is 0 Å². The van der Waals surface area contributed by atoms with Crippen LogP contribution >= 0.6 is 11.6 Å². The molecular weight excluding hydrogens is 220 g/mol. The maximum absolute atomic E-state index is 11.8. The van der Waals surface area contributed by atoms with Crippen LogP contribution in [0, 0.1) is 0 Å². The van der Waals surface area contributed by atoms with Crippen molar-refractivity contribution < 1.29 is 9.00 Å². The van der Waals surface area contributed by atoms with E-state index in [4.69, 9.17) is 11.6 Å². The fourth-order valence-corrected chi connectivity index (χ4v) is 3.06. The van der Waals surface area contributed by atoms with Crippen LogP contribution in [0.2, 0.25) is 5.02 Å². The summed E-state index contributed by atoms with van der Waals surface area (Å²) in [6.45, 7) is 1.82. The highest BCUT2D eigenvalue weighted by atomic mass is 35.5. The van der Waals surface area contributed by atoms with E-state index in [0.29, 0.717) is 21.9 Å². The first-order valence-electron chi connectivity index (χ1n) is 4.33. The second kappa shape index (κ2) is 3.48. The Kier molecular flexibility index (Phi) is 2.45. The summed E-state index contributed by atoms with van der Waals surface area (Å²) in [6.07, 6.45) is 0.347. The highest BCUT2D eigenvalue weighted by molar-refractivity contribution is 7.86. The number of rotatable bonds is 0. The number of carbonyl (C=O) groups is 1. The molecule has 0 saturated carbocycles. The molecule has 14 heavy (non-hydrogen) atoms. The third-order valence-electron chi connectivity index (χ3n) is 2.30. The minimum atomic E-state index is -1.07. The quantitative estimate of drug-likeness (QED) is 0.684. The van der Waals surface area contributed by atoms with E-state index < -0.39 is 10.8 Å². The molecule has 1 aliphatic heterocycles. The molecule has 2 rings (SSSR count). The Morgan fingerprint density at radius 1 is 1.50 bits per heavy atom. The van der Waals surface area contributed by atoms with Crippen molar-refractivity contribution in [3.8, 4) is 0 Å². The molecule has 2 unspecified atom stereocenters. The zero-order chi connectivity index (χ0) is 10.3. The van der Waals surface area contributed by atoms with Crippen molar-refractivity contribution in [3.63, 3.8) is 0 Å². The molecule has 0 radical (unpaired) electrons. The van der Waals surface area contributed by atoms with E-state index in [1.54, 1.807) is 18.2 Å². The second-order valence-corrected chi connectivity index (χ2v) is 5.65. The Hall–Kier alpha value is -0.670. The molecule has 0 amide bonds. The van der Waals surface area contributed by atoms with Crippen molar-refractivity contribution in [1.82, 2.24) is 0 Å². The van der Waals surface area contributed by atoms with Crippen molar-refractivity contribution >= 4 is 28.2 Å². The maximum atomic E-state index is 11.8. The van der Waals surface area contributed by atoms with Crippen molar-refractivity contribution in [2.45, 2.75) is 23.5 Å². The van der Waals surface area contributed by atoms with Gasteiger partial charge in [-0.3, -0.25) is 9.00 Å². The highest BCUT2D eigenvalue weighted by Crippen LogP contribution is 2.28. The summed E-state index contributed by atoms with van der Waals surface area (Å²) in [4.78, 5) is 12.2. The lowest BCUT2D eigenvalue weighted by atomic mass is 10.1. The predicted molar refractivity (Wildman–Crippen MR) is 56.3 cm³/mol. The number of ketones is 1. The fourth-order valence-electron chi connectivity index (χ4n) is 1.56. The molecule has 0 saturated heterocycles. The lowest BCUT2D eigenvalue weighted by molar-refractivity contribution is 0.0977.